The molecule has 2 heterocycles. The second-order valence-corrected chi connectivity index (χ2v) is 9.39. The molecule has 4 nitrogen and oxygen atoms in total. The summed E-state index contributed by atoms with van der Waals surface area (Å²) in [5, 5.41) is 0. The van der Waals surface area contributed by atoms with E-state index in [1.165, 1.54) is 38.8 Å². The van der Waals surface area contributed by atoms with Crippen molar-refractivity contribution in [3.8, 4) is 16.9 Å². The maximum Gasteiger partial charge on any atom is 0.253 e. The van der Waals surface area contributed by atoms with Gasteiger partial charge in [0.05, 0.1) is 0 Å². The third-order valence-electron chi connectivity index (χ3n) is 7.33. The maximum absolute atomic E-state index is 12.5. The van der Waals surface area contributed by atoms with Crippen molar-refractivity contribution in [2.45, 2.75) is 63.5 Å². The van der Waals surface area contributed by atoms with Crippen LogP contribution in [0.1, 0.15) is 61.7 Å². The summed E-state index contributed by atoms with van der Waals surface area (Å²) in [6.45, 7) is 4.13. The lowest BCUT2D eigenvalue weighted by Gasteiger charge is -2.36. The molecule has 2 aromatic rings. The Morgan fingerprint density at radius 2 is 1.29 bits per heavy atom. The third-order valence-corrected chi connectivity index (χ3v) is 7.33. The van der Waals surface area contributed by atoms with Gasteiger partial charge in [-0.25, -0.2) is 0 Å². The zero-order chi connectivity index (χ0) is 21.0. The van der Waals surface area contributed by atoms with E-state index < -0.39 is 0 Å². The first kappa shape index (κ1) is 20.6. The number of carbonyl (C=O) groups excluding carboxylic acids is 1. The number of rotatable bonds is 5. The molecule has 0 aromatic heterocycles. The molecule has 0 radical (unpaired) electrons. The van der Waals surface area contributed by atoms with E-state index in [4.69, 9.17) is 4.74 Å². The van der Waals surface area contributed by atoms with E-state index in [9.17, 15) is 4.79 Å². The lowest BCUT2D eigenvalue weighted by atomic mass is 10.0. The summed E-state index contributed by atoms with van der Waals surface area (Å²) >= 11 is 0. The summed E-state index contributed by atoms with van der Waals surface area (Å²) in [5.74, 6) is 1.12. The van der Waals surface area contributed by atoms with Crippen LogP contribution in [0.3, 0.4) is 0 Å². The molecule has 5 rings (SSSR count). The average Bonchev–Trinajstić information content (AvgIpc) is 3.55. The minimum absolute atomic E-state index is 0.159. The van der Waals surface area contributed by atoms with Crippen molar-refractivity contribution in [3.63, 3.8) is 0 Å². The fourth-order valence-electron chi connectivity index (χ4n) is 5.45. The van der Waals surface area contributed by atoms with E-state index >= 15 is 0 Å². The molecule has 1 amide bonds. The average molecular weight is 419 g/mol. The molecule has 4 heteroatoms. The van der Waals surface area contributed by atoms with E-state index in [1.54, 1.807) is 0 Å². The van der Waals surface area contributed by atoms with Crippen molar-refractivity contribution in [1.29, 1.82) is 0 Å². The predicted molar refractivity (Wildman–Crippen MR) is 124 cm³/mol. The van der Waals surface area contributed by atoms with Crippen molar-refractivity contribution >= 4 is 5.91 Å². The first-order chi connectivity index (χ1) is 15.3. The number of carbonyl (C=O) groups is 1. The van der Waals surface area contributed by atoms with E-state index in [0.717, 1.165) is 67.3 Å². The summed E-state index contributed by atoms with van der Waals surface area (Å²) in [4.78, 5) is 17.2. The summed E-state index contributed by atoms with van der Waals surface area (Å²) in [5.41, 5.74) is 3.08. The van der Waals surface area contributed by atoms with Crippen LogP contribution in [0.4, 0.5) is 0 Å². The molecule has 1 saturated carbocycles. The molecule has 0 N–H and O–H groups in total. The van der Waals surface area contributed by atoms with Crippen molar-refractivity contribution in [1.82, 2.24) is 9.80 Å². The van der Waals surface area contributed by atoms with Crippen LogP contribution in [-0.2, 0) is 0 Å². The number of ether oxygens (including phenoxy) is 1. The monoisotopic (exact) mass is 418 g/mol. The molecule has 0 unspecified atom stereocenters. The SMILES string of the molecule is O=C(c1ccc(-c2ccc(OC3CCN(C4CCCC4)CC3)cc2)cc1)N1CCCC1. The Kier molecular flexibility index (Phi) is 6.26. The molecular weight excluding hydrogens is 384 g/mol. The van der Waals surface area contributed by atoms with Gasteiger partial charge in [0.2, 0.25) is 0 Å². The molecule has 0 atom stereocenters. The number of amides is 1. The molecule has 31 heavy (non-hydrogen) atoms. The highest BCUT2D eigenvalue weighted by atomic mass is 16.5. The fraction of sp³-hybridized carbons (Fsp3) is 0.519. The Labute approximate surface area is 186 Å². The van der Waals surface area contributed by atoms with Gasteiger partial charge in [0.1, 0.15) is 11.9 Å². The maximum atomic E-state index is 12.5. The molecular formula is C27H34N2O2. The molecule has 164 valence electrons. The zero-order valence-electron chi connectivity index (χ0n) is 18.5. The van der Waals surface area contributed by atoms with Gasteiger partial charge < -0.3 is 14.5 Å². The Bertz CT molecular complexity index is 857. The van der Waals surface area contributed by atoms with Crippen molar-refractivity contribution in [3.05, 3.63) is 54.1 Å². The van der Waals surface area contributed by atoms with Crippen molar-refractivity contribution < 1.29 is 9.53 Å². The molecule has 0 spiro atoms. The van der Waals surface area contributed by atoms with Crippen LogP contribution >= 0.6 is 0 Å². The standard InChI is InChI=1S/C27H34N2O2/c30-27(29-17-3-4-18-29)23-9-7-21(8-10-23)22-11-13-25(14-12-22)31-26-15-19-28(20-16-26)24-5-1-2-6-24/h7-14,24,26H,1-6,15-20H2. The van der Waals surface area contributed by atoms with Crippen LogP contribution in [0.2, 0.25) is 0 Å². The normalized spacial score (nSPS) is 21.0. The molecule has 3 fully saturated rings. The summed E-state index contributed by atoms with van der Waals surface area (Å²) < 4.78 is 6.29. The number of likely N-dealkylation sites (tertiary alicyclic amines) is 2. The van der Waals surface area contributed by atoms with E-state index in [1.807, 2.05) is 17.0 Å². The number of hydrogen-bond donors (Lipinski definition) is 0. The second kappa shape index (κ2) is 9.44. The number of hydrogen-bond acceptors (Lipinski definition) is 3. The minimum Gasteiger partial charge on any atom is -0.490 e. The lowest BCUT2D eigenvalue weighted by molar-refractivity contribution is 0.0768. The lowest BCUT2D eigenvalue weighted by Crippen LogP contribution is -2.43. The third kappa shape index (κ3) is 4.79. The van der Waals surface area contributed by atoms with Crippen LogP contribution in [0.15, 0.2) is 48.5 Å². The van der Waals surface area contributed by atoms with Crippen LogP contribution < -0.4 is 4.74 Å². The van der Waals surface area contributed by atoms with Crippen LogP contribution in [0, 0.1) is 0 Å². The van der Waals surface area contributed by atoms with Gasteiger partial charge in [0.25, 0.3) is 5.91 Å². The topological polar surface area (TPSA) is 32.8 Å². The first-order valence-corrected chi connectivity index (χ1v) is 12.2. The smallest absolute Gasteiger partial charge is 0.253 e. The van der Waals surface area contributed by atoms with Crippen LogP contribution in [0.25, 0.3) is 11.1 Å². The molecule has 0 bridgehead atoms. The predicted octanol–water partition coefficient (Wildman–Crippen LogP) is 5.38. The Morgan fingerprint density at radius 1 is 0.710 bits per heavy atom. The van der Waals surface area contributed by atoms with E-state index in [2.05, 4.69) is 41.3 Å². The van der Waals surface area contributed by atoms with Crippen molar-refractivity contribution in [2.75, 3.05) is 26.2 Å². The summed E-state index contributed by atoms with van der Waals surface area (Å²) in [6, 6.07) is 17.3. The van der Waals surface area contributed by atoms with Gasteiger partial charge in [-0.3, -0.25) is 4.79 Å². The van der Waals surface area contributed by atoms with Crippen LogP contribution in [-0.4, -0.2) is 54.0 Å². The van der Waals surface area contributed by atoms with Gasteiger partial charge in [-0.15, -0.1) is 0 Å². The first-order valence-electron chi connectivity index (χ1n) is 12.2. The minimum atomic E-state index is 0.159. The molecule has 2 saturated heterocycles. The highest BCUT2D eigenvalue weighted by Crippen LogP contribution is 2.29. The largest absolute Gasteiger partial charge is 0.490 e. The van der Waals surface area contributed by atoms with Gasteiger partial charge >= 0.3 is 0 Å². The Hall–Kier alpha value is -2.33. The summed E-state index contributed by atoms with van der Waals surface area (Å²) in [6.07, 6.45) is 10.4. The molecule has 3 aliphatic rings. The number of nitrogens with zero attached hydrogens (tertiary/aromatic N) is 2. The zero-order valence-corrected chi connectivity index (χ0v) is 18.5. The Morgan fingerprint density at radius 3 is 1.90 bits per heavy atom. The van der Waals surface area contributed by atoms with Gasteiger partial charge in [0, 0.05) is 37.8 Å². The molecule has 2 aliphatic heterocycles. The number of piperidine rings is 1. The highest BCUT2D eigenvalue weighted by molar-refractivity contribution is 5.94. The fourth-order valence-corrected chi connectivity index (χ4v) is 5.45. The van der Waals surface area contributed by atoms with Crippen LogP contribution in [0.5, 0.6) is 5.75 Å². The van der Waals surface area contributed by atoms with Gasteiger partial charge in [-0.1, -0.05) is 37.1 Å². The Balaban J connectivity index is 1.15. The molecule has 1 aliphatic carbocycles. The van der Waals surface area contributed by atoms with Crippen molar-refractivity contribution in [2.24, 2.45) is 0 Å². The van der Waals surface area contributed by atoms with Gasteiger partial charge in [-0.05, 0) is 73.9 Å². The van der Waals surface area contributed by atoms with Gasteiger partial charge in [0.15, 0.2) is 0 Å². The quantitative estimate of drug-likeness (QED) is 0.654. The number of benzene rings is 2. The van der Waals surface area contributed by atoms with Gasteiger partial charge in [-0.2, -0.15) is 0 Å². The van der Waals surface area contributed by atoms with E-state index in [0.29, 0.717) is 6.10 Å². The molecule has 2 aromatic carbocycles. The summed E-state index contributed by atoms with van der Waals surface area (Å²) in [7, 11) is 0. The highest BCUT2D eigenvalue weighted by Gasteiger charge is 2.27. The van der Waals surface area contributed by atoms with E-state index in [-0.39, 0.29) is 5.91 Å². The second-order valence-electron chi connectivity index (χ2n) is 9.39.